The Morgan fingerprint density at radius 1 is 1.15 bits per heavy atom. The van der Waals surface area contributed by atoms with E-state index in [0.717, 1.165) is 25.9 Å². The van der Waals surface area contributed by atoms with E-state index in [2.05, 4.69) is 25.3 Å². The van der Waals surface area contributed by atoms with Crippen LogP contribution in [0.15, 0.2) is 29.3 Å². The van der Waals surface area contributed by atoms with Crippen molar-refractivity contribution in [3.8, 4) is 5.75 Å². The monoisotopic (exact) mass is 372 g/mol. The zero-order chi connectivity index (χ0) is 18.8. The van der Waals surface area contributed by atoms with Gasteiger partial charge in [-0.05, 0) is 51.4 Å². The van der Waals surface area contributed by atoms with Crippen LogP contribution in [0.5, 0.6) is 5.75 Å². The quantitative estimate of drug-likeness (QED) is 0.418. The lowest BCUT2D eigenvalue weighted by Gasteiger charge is -2.16. The number of guanidine groups is 1. The summed E-state index contributed by atoms with van der Waals surface area (Å²) in [5, 5.41) is 6.22. The van der Waals surface area contributed by atoms with Crippen LogP contribution in [-0.2, 0) is 6.54 Å². The predicted molar refractivity (Wildman–Crippen MR) is 96.2 cm³/mol. The lowest BCUT2D eigenvalue weighted by atomic mass is 10.2. The molecule has 0 radical (unpaired) electrons. The zero-order valence-corrected chi connectivity index (χ0v) is 15.1. The van der Waals surface area contributed by atoms with Gasteiger partial charge in [-0.3, -0.25) is 4.99 Å². The Morgan fingerprint density at radius 2 is 1.88 bits per heavy atom. The molecule has 146 valence electrons. The molecule has 2 rings (SSSR count). The van der Waals surface area contributed by atoms with Crippen molar-refractivity contribution in [1.82, 2.24) is 15.5 Å². The topological polar surface area (TPSA) is 48.9 Å². The molecule has 5 nitrogen and oxygen atoms in total. The number of para-hydroxylation sites is 1. The van der Waals surface area contributed by atoms with Gasteiger partial charge in [-0.25, -0.2) is 0 Å². The second kappa shape index (κ2) is 10.3. The van der Waals surface area contributed by atoms with Gasteiger partial charge in [0.05, 0.1) is 0 Å². The molecule has 0 unspecified atom stereocenters. The number of halogens is 3. The summed E-state index contributed by atoms with van der Waals surface area (Å²) in [4.78, 5) is 6.58. The van der Waals surface area contributed by atoms with Gasteiger partial charge >= 0.3 is 6.36 Å². The van der Waals surface area contributed by atoms with E-state index in [1.54, 1.807) is 19.2 Å². The summed E-state index contributed by atoms with van der Waals surface area (Å²) in [5.41, 5.74) is 0.418. The molecule has 1 aromatic rings. The average Bonchev–Trinajstić information content (AvgIpc) is 3.10. The van der Waals surface area contributed by atoms with E-state index in [1.165, 1.54) is 38.1 Å². The number of nitrogens with one attached hydrogen (secondary N) is 2. The first-order valence-corrected chi connectivity index (χ1v) is 8.98. The van der Waals surface area contributed by atoms with Crippen LogP contribution in [-0.4, -0.2) is 50.4 Å². The molecule has 0 bridgehead atoms. The molecule has 2 N–H and O–H groups in total. The van der Waals surface area contributed by atoms with Crippen molar-refractivity contribution in [2.24, 2.45) is 4.99 Å². The maximum absolute atomic E-state index is 12.5. The molecule has 26 heavy (non-hydrogen) atoms. The minimum absolute atomic E-state index is 0.194. The number of hydrogen-bond acceptors (Lipinski definition) is 3. The molecular weight excluding hydrogens is 345 g/mol. The van der Waals surface area contributed by atoms with Gasteiger partial charge in [-0.15, -0.1) is 13.2 Å². The molecular formula is C18H27F3N4O. The summed E-state index contributed by atoms with van der Waals surface area (Å²) in [6.07, 6.45) is 0.0330. The molecule has 0 spiro atoms. The highest BCUT2D eigenvalue weighted by molar-refractivity contribution is 5.79. The van der Waals surface area contributed by atoms with Crippen molar-refractivity contribution < 1.29 is 17.9 Å². The maximum Gasteiger partial charge on any atom is 0.573 e. The number of ether oxygens (including phenoxy) is 1. The minimum Gasteiger partial charge on any atom is -0.405 e. The van der Waals surface area contributed by atoms with Crippen LogP contribution in [0, 0.1) is 0 Å². The fourth-order valence-electron chi connectivity index (χ4n) is 2.95. The Hall–Kier alpha value is -1.96. The van der Waals surface area contributed by atoms with Crippen molar-refractivity contribution in [2.45, 2.75) is 38.6 Å². The smallest absolute Gasteiger partial charge is 0.405 e. The normalized spacial score (nSPS) is 15.9. The molecule has 1 saturated heterocycles. The Kier molecular flexibility index (Phi) is 8.03. The highest BCUT2D eigenvalue weighted by atomic mass is 19.4. The number of rotatable bonds is 8. The second-order valence-corrected chi connectivity index (χ2v) is 6.26. The summed E-state index contributed by atoms with van der Waals surface area (Å²) in [7, 11) is 1.64. The number of aliphatic imine (C=N–C) groups is 1. The van der Waals surface area contributed by atoms with E-state index in [4.69, 9.17) is 0 Å². The SMILES string of the molecule is CN=C(NCCCCN1CCCC1)NCc1ccccc1OC(F)(F)F. The summed E-state index contributed by atoms with van der Waals surface area (Å²) in [6, 6.07) is 6.09. The third-order valence-corrected chi connectivity index (χ3v) is 4.26. The Morgan fingerprint density at radius 3 is 2.58 bits per heavy atom. The molecule has 0 saturated carbocycles. The zero-order valence-electron chi connectivity index (χ0n) is 15.1. The number of hydrogen-bond donors (Lipinski definition) is 2. The lowest BCUT2D eigenvalue weighted by molar-refractivity contribution is -0.274. The van der Waals surface area contributed by atoms with Crippen molar-refractivity contribution in [1.29, 1.82) is 0 Å². The first-order valence-electron chi connectivity index (χ1n) is 8.98. The van der Waals surface area contributed by atoms with Crippen molar-refractivity contribution in [3.05, 3.63) is 29.8 Å². The summed E-state index contributed by atoms with van der Waals surface area (Å²) >= 11 is 0. The third kappa shape index (κ3) is 7.51. The number of alkyl halides is 3. The van der Waals surface area contributed by atoms with Crippen LogP contribution in [0.2, 0.25) is 0 Å². The van der Waals surface area contributed by atoms with E-state index < -0.39 is 6.36 Å². The van der Waals surface area contributed by atoms with Crippen LogP contribution in [0.3, 0.4) is 0 Å². The van der Waals surface area contributed by atoms with Crippen molar-refractivity contribution >= 4 is 5.96 Å². The van der Waals surface area contributed by atoms with Crippen LogP contribution >= 0.6 is 0 Å². The molecule has 1 heterocycles. The summed E-state index contributed by atoms with van der Waals surface area (Å²) in [6.45, 7) is 4.50. The highest BCUT2D eigenvalue weighted by Crippen LogP contribution is 2.26. The molecule has 1 aliphatic rings. The van der Waals surface area contributed by atoms with E-state index >= 15 is 0 Å². The number of unbranched alkanes of at least 4 members (excludes halogenated alkanes) is 1. The van der Waals surface area contributed by atoms with Gasteiger partial charge in [0.2, 0.25) is 0 Å². The Balaban J connectivity index is 1.71. The minimum atomic E-state index is -4.70. The largest absolute Gasteiger partial charge is 0.573 e. The molecule has 1 aliphatic heterocycles. The van der Waals surface area contributed by atoms with E-state index in [1.807, 2.05) is 0 Å². The fraction of sp³-hybridized carbons (Fsp3) is 0.611. The first-order chi connectivity index (χ1) is 12.5. The lowest BCUT2D eigenvalue weighted by Crippen LogP contribution is -2.37. The van der Waals surface area contributed by atoms with Gasteiger partial charge in [0.25, 0.3) is 0 Å². The number of likely N-dealkylation sites (tertiary alicyclic amines) is 1. The fourth-order valence-corrected chi connectivity index (χ4v) is 2.95. The van der Waals surface area contributed by atoms with Crippen molar-refractivity contribution in [3.63, 3.8) is 0 Å². The third-order valence-electron chi connectivity index (χ3n) is 4.26. The molecule has 1 fully saturated rings. The van der Waals surface area contributed by atoms with E-state index in [0.29, 0.717) is 11.5 Å². The highest BCUT2D eigenvalue weighted by Gasteiger charge is 2.31. The van der Waals surface area contributed by atoms with Gasteiger partial charge < -0.3 is 20.3 Å². The van der Waals surface area contributed by atoms with Gasteiger partial charge in [0.1, 0.15) is 5.75 Å². The van der Waals surface area contributed by atoms with Crippen LogP contribution < -0.4 is 15.4 Å². The van der Waals surface area contributed by atoms with Crippen LogP contribution in [0.1, 0.15) is 31.2 Å². The molecule has 0 atom stereocenters. The van der Waals surface area contributed by atoms with Gasteiger partial charge in [-0.2, -0.15) is 0 Å². The number of benzene rings is 1. The molecule has 0 aliphatic carbocycles. The Bertz CT molecular complexity index is 572. The van der Waals surface area contributed by atoms with Crippen LogP contribution in [0.4, 0.5) is 13.2 Å². The van der Waals surface area contributed by atoms with Crippen LogP contribution in [0.25, 0.3) is 0 Å². The van der Waals surface area contributed by atoms with Crippen molar-refractivity contribution in [2.75, 3.05) is 33.2 Å². The van der Waals surface area contributed by atoms with E-state index in [9.17, 15) is 13.2 Å². The second-order valence-electron chi connectivity index (χ2n) is 6.26. The maximum atomic E-state index is 12.5. The first kappa shape index (κ1) is 20.4. The standard InChI is InChI=1S/C18H27F3N4O/c1-22-17(23-10-4-5-11-25-12-6-7-13-25)24-14-15-8-2-3-9-16(15)26-18(19,20)21/h2-3,8-9H,4-7,10-14H2,1H3,(H2,22,23,24). The Labute approximate surface area is 152 Å². The molecule has 0 aromatic heterocycles. The van der Waals surface area contributed by atoms with Gasteiger partial charge in [-0.1, -0.05) is 18.2 Å². The van der Waals surface area contributed by atoms with Gasteiger partial charge in [0.15, 0.2) is 5.96 Å². The van der Waals surface area contributed by atoms with E-state index in [-0.39, 0.29) is 12.3 Å². The molecule has 0 amide bonds. The number of nitrogens with zero attached hydrogens (tertiary/aromatic N) is 2. The predicted octanol–water partition coefficient (Wildman–Crippen LogP) is 3.13. The summed E-state index contributed by atoms with van der Waals surface area (Å²) < 4.78 is 41.4. The summed E-state index contributed by atoms with van der Waals surface area (Å²) in [5.74, 6) is 0.363. The molecule has 8 heteroatoms. The van der Waals surface area contributed by atoms with Gasteiger partial charge in [0, 0.05) is 25.7 Å². The average molecular weight is 372 g/mol. The molecule has 1 aromatic carbocycles.